The van der Waals surface area contributed by atoms with Gasteiger partial charge in [0.25, 0.3) is 0 Å². The largest absolute Gasteiger partial charge is 0.381 e. The van der Waals surface area contributed by atoms with E-state index in [9.17, 15) is 4.79 Å². The van der Waals surface area contributed by atoms with Crippen molar-refractivity contribution in [1.29, 1.82) is 0 Å². The van der Waals surface area contributed by atoms with E-state index in [0.29, 0.717) is 37.7 Å². The molecule has 6 heteroatoms. The van der Waals surface area contributed by atoms with Crippen molar-refractivity contribution in [2.24, 2.45) is 5.92 Å². The smallest absolute Gasteiger partial charge is 0.227 e. The molecule has 6 nitrogen and oxygen atoms in total. The maximum atomic E-state index is 11.8. The first-order valence-corrected chi connectivity index (χ1v) is 8.54. The number of ether oxygens (including phenoxy) is 1. The summed E-state index contributed by atoms with van der Waals surface area (Å²) < 4.78 is 10.7. The third-order valence-electron chi connectivity index (χ3n) is 3.90. The van der Waals surface area contributed by atoms with Crippen LogP contribution >= 0.6 is 0 Å². The Morgan fingerprint density at radius 3 is 2.92 bits per heavy atom. The molecular weight excluding hydrogens is 306 g/mol. The van der Waals surface area contributed by atoms with Crippen molar-refractivity contribution in [1.82, 2.24) is 15.5 Å². The van der Waals surface area contributed by atoms with Gasteiger partial charge in [-0.2, -0.15) is 4.98 Å². The first kappa shape index (κ1) is 16.6. The first-order chi connectivity index (χ1) is 11.8. The quantitative estimate of drug-likeness (QED) is 0.678. The van der Waals surface area contributed by atoms with Crippen molar-refractivity contribution in [2.75, 3.05) is 19.8 Å². The summed E-state index contributed by atoms with van der Waals surface area (Å²) in [6.45, 7) is 2.22. The first-order valence-electron chi connectivity index (χ1n) is 8.54. The Labute approximate surface area is 141 Å². The number of benzene rings is 1. The minimum Gasteiger partial charge on any atom is -0.381 e. The molecule has 3 rings (SSSR count). The monoisotopic (exact) mass is 329 g/mol. The number of aryl methyl sites for hydroxylation is 1. The molecule has 0 aliphatic heterocycles. The molecule has 1 aliphatic carbocycles. The van der Waals surface area contributed by atoms with Crippen molar-refractivity contribution in [3.05, 3.63) is 36.2 Å². The number of hydrogen-bond acceptors (Lipinski definition) is 5. The molecule has 1 aliphatic rings. The number of carbonyl (C=O) groups excluding carboxylic acids is 1. The normalized spacial score (nSPS) is 13.8. The molecule has 1 N–H and O–H groups in total. The molecule has 1 fully saturated rings. The van der Waals surface area contributed by atoms with Crippen LogP contribution in [0.5, 0.6) is 0 Å². The van der Waals surface area contributed by atoms with Crippen LogP contribution in [0.3, 0.4) is 0 Å². The van der Waals surface area contributed by atoms with Crippen molar-refractivity contribution in [3.63, 3.8) is 0 Å². The Morgan fingerprint density at radius 1 is 1.29 bits per heavy atom. The van der Waals surface area contributed by atoms with Gasteiger partial charge < -0.3 is 14.6 Å². The Balaban J connectivity index is 1.30. The number of amides is 1. The zero-order valence-electron chi connectivity index (χ0n) is 13.7. The number of carbonyl (C=O) groups is 1. The molecule has 1 saturated carbocycles. The van der Waals surface area contributed by atoms with Crippen molar-refractivity contribution in [3.8, 4) is 11.4 Å². The molecule has 1 aromatic heterocycles. The van der Waals surface area contributed by atoms with Gasteiger partial charge in [0.05, 0.1) is 0 Å². The molecule has 0 saturated heterocycles. The average molecular weight is 329 g/mol. The van der Waals surface area contributed by atoms with E-state index in [2.05, 4.69) is 15.5 Å². The van der Waals surface area contributed by atoms with E-state index in [4.69, 9.17) is 9.26 Å². The van der Waals surface area contributed by atoms with Crippen LogP contribution in [-0.4, -0.2) is 35.8 Å². The van der Waals surface area contributed by atoms with E-state index in [1.807, 2.05) is 30.3 Å². The van der Waals surface area contributed by atoms with Gasteiger partial charge >= 0.3 is 0 Å². The Bertz CT molecular complexity index is 638. The van der Waals surface area contributed by atoms with E-state index in [1.165, 1.54) is 12.8 Å². The van der Waals surface area contributed by atoms with E-state index in [1.54, 1.807) is 0 Å². The van der Waals surface area contributed by atoms with Gasteiger partial charge in [-0.25, -0.2) is 0 Å². The van der Waals surface area contributed by atoms with Crippen molar-refractivity contribution in [2.45, 2.75) is 32.1 Å². The zero-order valence-corrected chi connectivity index (χ0v) is 13.7. The summed E-state index contributed by atoms with van der Waals surface area (Å²) in [5.74, 6) is 1.82. The third-order valence-corrected chi connectivity index (χ3v) is 3.90. The van der Waals surface area contributed by atoms with E-state index >= 15 is 0 Å². The Morgan fingerprint density at radius 2 is 2.12 bits per heavy atom. The van der Waals surface area contributed by atoms with E-state index < -0.39 is 0 Å². The maximum absolute atomic E-state index is 11.8. The van der Waals surface area contributed by atoms with Crippen LogP contribution in [0.25, 0.3) is 11.4 Å². The molecular formula is C18H23N3O3. The van der Waals surface area contributed by atoms with Gasteiger partial charge in [-0.3, -0.25) is 4.79 Å². The number of nitrogens with zero attached hydrogens (tertiary/aromatic N) is 2. The molecule has 1 aromatic carbocycles. The molecule has 2 aromatic rings. The van der Waals surface area contributed by atoms with Gasteiger partial charge in [0.1, 0.15) is 0 Å². The molecule has 0 unspecified atom stereocenters. The Hall–Kier alpha value is -2.21. The van der Waals surface area contributed by atoms with Crippen LogP contribution in [0.2, 0.25) is 0 Å². The fraction of sp³-hybridized carbons (Fsp3) is 0.500. The average Bonchev–Trinajstić information content (AvgIpc) is 3.32. The van der Waals surface area contributed by atoms with Gasteiger partial charge in [0.2, 0.25) is 17.6 Å². The molecule has 0 atom stereocenters. The molecule has 0 spiro atoms. The highest BCUT2D eigenvalue weighted by atomic mass is 16.5. The number of aromatic nitrogens is 2. The summed E-state index contributed by atoms with van der Waals surface area (Å²) in [5.41, 5.74) is 0.906. The minimum absolute atomic E-state index is 0.00310. The molecule has 128 valence electrons. The van der Waals surface area contributed by atoms with E-state index in [0.717, 1.165) is 24.5 Å². The summed E-state index contributed by atoms with van der Waals surface area (Å²) in [6.07, 6.45) is 4.25. The second kappa shape index (κ2) is 8.59. The zero-order chi connectivity index (χ0) is 16.6. The fourth-order valence-electron chi connectivity index (χ4n) is 2.31. The SMILES string of the molecule is O=C(CCc1nc(-c2ccccc2)no1)NCCCOCC1CC1. The second-order valence-electron chi connectivity index (χ2n) is 6.10. The maximum Gasteiger partial charge on any atom is 0.227 e. The van der Waals surface area contributed by atoms with Crippen LogP contribution < -0.4 is 5.32 Å². The van der Waals surface area contributed by atoms with Crippen LogP contribution in [-0.2, 0) is 16.0 Å². The van der Waals surface area contributed by atoms with Crippen LogP contribution in [0.15, 0.2) is 34.9 Å². The lowest BCUT2D eigenvalue weighted by Crippen LogP contribution is -2.25. The highest BCUT2D eigenvalue weighted by Crippen LogP contribution is 2.28. The van der Waals surface area contributed by atoms with Crippen LogP contribution in [0, 0.1) is 5.92 Å². The summed E-state index contributed by atoms with van der Waals surface area (Å²) in [7, 11) is 0. The topological polar surface area (TPSA) is 77.2 Å². The predicted molar refractivity (Wildman–Crippen MR) is 89.2 cm³/mol. The Kier molecular flexibility index (Phi) is 5.96. The van der Waals surface area contributed by atoms with Crippen LogP contribution in [0.4, 0.5) is 0 Å². The van der Waals surface area contributed by atoms with Gasteiger partial charge in [-0.05, 0) is 25.2 Å². The lowest BCUT2D eigenvalue weighted by molar-refractivity contribution is -0.121. The second-order valence-corrected chi connectivity index (χ2v) is 6.10. The lowest BCUT2D eigenvalue weighted by Gasteiger charge is -2.05. The van der Waals surface area contributed by atoms with Crippen LogP contribution in [0.1, 0.15) is 31.6 Å². The summed E-state index contributed by atoms with van der Waals surface area (Å²) >= 11 is 0. The third kappa shape index (κ3) is 5.45. The lowest BCUT2D eigenvalue weighted by atomic mass is 10.2. The van der Waals surface area contributed by atoms with Gasteiger partial charge in [0, 0.05) is 38.2 Å². The van der Waals surface area contributed by atoms with Gasteiger partial charge in [0.15, 0.2) is 0 Å². The van der Waals surface area contributed by atoms with Gasteiger partial charge in [-0.1, -0.05) is 35.5 Å². The fourth-order valence-corrected chi connectivity index (χ4v) is 2.31. The highest BCUT2D eigenvalue weighted by molar-refractivity contribution is 5.75. The predicted octanol–water partition coefficient (Wildman–Crippen LogP) is 2.60. The summed E-state index contributed by atoms with van der Waals surface area (Å²) in [5, 5.41) is 6.83. The minimum atomic E-state index is -0.00310. The molecule has 0 bridgehead atoms. The van der Waals surface area contributed by atoms with Crippen molar-refractivity contribution < 1.29 is 14.1 Å². The highest BCUT2D eigenvalue weighted by Gasteiger charge is 2.20. The molecule has 1 heterocycles. The summed E-state index contributed by atoms with van der Waals surface area (Å²) in [4.78, 5) is 16.1. The number of nitrogens with one attached hydrogen (secondary N) is 1. The van der Waals surface area contributed by atoms with E-state index in [-0.39, 0.29) is 5.91 Å². The number of hydrogen-bond donors (Lipinski definition) is 1. The standard InChI is InChI=1S/C18H23N3O3/c22-16(19-11-4-12-23-13-14-7-8-14)9-10-17-20-18(21-24-17)15-5-2-1-3-6-15/h1-3,5-6,14H,4,7-13H2,(H,19,22). The van der Waals surface area contributed by atoms with Crippen molar-refractivity contribution >= 4 is 5.91 Å². The molecule has 24 heavy (non-hydrogen) atoms. The van der Waals surface area contributed by atoms with Gasteiger partial charge in [-0.15, -0.1) is 0 Å². The molecule has 1 amide bonds. The molecule has 0 radical (unpaired) electrons. The summed E-state index contributed by atoms with van der Waals surface area (Å²) in [6, 6.07) is 9.63. The number of rotatable bonds is 10.